The van der Waals surface area contributed by atoms with Gasteiger partial charge in [-0.3, -0.25) is 14.8 Å². The van der Waals surface area contributed by atoms with Gasteiger partial charge in [-0.1, -0.05) is 13.8 Å². The number of ether oxygens (including phenoxy) is 3. The second-order valence-corrected chi connectivity index (χ2v) is 8.85. The third-order valence-corrected chi connectivity index (χ3v) is 6.35. The average Bonchev–Trinajstić information content (AvgIpc) is 3.56. The third kappa shape index (κ3) is 5.27. The van der Waals surface area contributed by atoms with E-state index in [4.69, 9.17) is 14.2 Å². The third-order valence-electron chi connectivity index (χ3n) is 6.35. The van der Waals surface area contributed by atoms with Crippen LogP contribution in [0.1, 0.15) is 36.1 Å². The number of nitrogens with one attached hydrogen (secondary N) is 1. The maximum absolute atomic E-state index is 13.1. The van der Waals surface area contributed by atoms with Crippen molar-refractivity contribution in [3.05, 3.63) is 42.1 Å². The van der Waals surface area contributed by atoms with Gasteiger partial charge in [-0.15, -0.1) is 0 Å². The molecule has 1 N–H and O–H groups in total. The van der Waals surface area contributed by atoms with Crippen LogP contribution in [0.15, 0.2) is 30.6 Å². The Labute approximate surface area is 205 Å². The van der Waals surface area contributed by atoms with Crippen molar-refractivity contribution in [1.82, 2.24) is 29.5 Å². The molecule has 10 heteroatoms. The summed E-state index contributed by atoms with van der Waals surface area (Å²) < 4.78 is 18.5. The molecule has 0 saturated carbocycles. The lowest BCUT2D eigenvalue weighted by Gasteiger charge is -2.34. The van der Waals surface area contributed by atoms with Crippen LogP contribution in [0.4, 0.5) is 0 Å². The number of carbonyl (C=O) groups is 1. The Bertz CT molecular complexity index is 1120. The lowest BCUT2D eigenvalue weighted by atomic mass is 10.1. The quantitative estimate of drug-likeness (QED) is 0.501. The number of imidazole rings is 1. The molecule has 0 spiro atoms. The minimum Gasteiger partial charge on any atom is -0.493 e. The Kier molecular flexibility index (Phi) is 7.60. The van der Waals surface area contributed by atoms with Gasteiger partial charge in [0.1, 0.15) is 11.5 Å². The Morgan fingerprint density at radius 2 is 1.69 bits per heavy atom. The Morgan fingerprint density at radius 3 is 2.29 bits per heavy atom. The normalized spacial score (nSPS) is 14.4. The topological polar surface area (TPSA) is 97.7 Å². The summed E-state index contributed by atoms with van der Waals surface area (Å²) in [6.07, 6.45) is 3.90. The predicted molar refractivity (Wildman–Crippen MR) is 132 cm³/mol. The lowest BCUT2D eigenvalue weighted by molar-refractivity contribution is 0.0627. The summed E-state index contributed by atoms with van der Waals surface area (Å²) in [6.45, 7) is 9.19. The lowest BCUT2D eigenvalue weighted by Crippen LogP contribution is -2.49. The first kappa shape index (κ1) is 24.6. The molecule has 0 bridgehead atoms. The van der Waals surface area contributed by atoms with E-state index in [0.29, 0.717) is 47.6 Å². The molecule has 3 heterocycles. The maximum atomic E-state index is 13.1. The zero-order valence-electron chi connectivity index (χ0n) is 21.1. The summed E-state index contributed by atoms with van der Waals surface area (Å²) in [5.74, 6) is 3.04. The number of benzene rings is 1. The number of aromatic amines is 1. The Hall–Kier alpha value is -3.53. The first-order valence-electron chi connectivity index (χ1n) is 11.8. The van der Waals surface area contributed by atoms with Crippen LogP contribution in [0.3, 0.4) is 0 Å². The van der Waals surface area contributed by atoms with E-state index in [1.54, 1.807) is 27.4 Å². The van der Waals surface area contributed by atoms with Crippen molar-refractivity contribution in [2.45, 2.75) is 26.3 Å². The van der Waals surface area contributed by atoms with Crippen LogP contribution in [-0.2, 0) is 6.54 Å². The standard InChI is InChI=1S/C25H34N6O4/c1-17(2)24-26-6-7-30(24)11-8-29-9-12-31(13-10-29)25(32)20-16-19(27-28-20)18-14-21(33-3)23(35-5)22(15-18)34-4/h6-7,14-17H,8-13H2,1-5H3,(H,27,28). The first-order chi connectivity index (χ1) is 16.9. The van der Waals surface area contributed by atoms with Crippen molar-refractivity contribution in [3.63, 3.8) is 0 Å². The van der Waals surface area contributed by atoms with Crippen molar-refractivity contribution in [3.8, 4) is 28.5 Å². The van der Waals surface area contributed by atoms with Crippen LogP contribution in [0.2, 0.25) is 0 Å². The molecule has 1 amide bonds. The average molecular weight is 483 g/mol. The van der Waals surface area contributed by atoms with E-state index < -0.39 is 0 Å². The van der Waals surface area contributed by atoms with Crippen molar-refractivity contribution in [2.75, 3.05) is 54.1 Å². The molecule has 2 aromatic heterocycles. The molecule has 1 aromatic carbocycles. The van der Waals surface area contributed by atoms with Gasteiger partial charge in [-0.05, 0) is 18.2 Å². The van der Waals surface area contributed by atoms with Gasteiger partial charge in [-0.25, -0.2) is 4.98 Å². The number of hydrogen-bond acceptors (Lipinski definition) is 7. The van der Waals surface area contributed by atoms with Crippen LogP contribution < -0.4 is 14.2 Å². The van der Waals surface area contributed by atoms with E-state index in [9.17, 15) is 4.79 Å². The molecule has 0 atom stereocenters. The number of nitrogens with zero attached hydrogens (tertiary/aromatic N) is 5. The van der Waals surface area contributed by atoms with E-state index in [0.717, 1.165) is 37.6 Å². The van der Waals surface area contributed by atoms with Crippen LogP contribution in [-0.4, -0.2) is 89.5 Å². The SMILES string of the molecule is COc1cc(-c2cc(C(=O)N3CCN(CCn4ccnc4C(C)C)CC3)[nH]n2)cc(OC)c1OC. The first-order valence-corrected chi connectivity index (χ1v) is 11.8. The van der Waals surface area contributed by atoms with E-state index >= 15 is 0 Å². The highest BCUT2D eigenvalue weighted by Gasteiger charge is 2.24. The van der Waals surface area contributed by atoms with Gasteiger partial charge in [0.25, 0.3) is 5.91 Å². The summed E-state index contributed by atoms with van der Waals surface area (Å²) in [6, 6.07) is 5.40. The van der Waals surface area contributed by atoms with Crippen molar-refractivity contribution in [2.24, 2.45) is 0 Å². The largest absolute Gasteiger partial charge is 0.493 e. The second kappa shape index (κ2) is 10.8. The van der Waals surface area contributed by atoms with Crippen molar-refractivity contribution in [1.29, 1.82) is 0 Å². The molecule has 0 unspecified atom stereocenters. The molecule has 1 aliphatic rings. The minimum atomic E-state index is -0.0486. The molecule has 35 heavy (non-hydrogen) atoms. The molecular weight excluding hydrogens is 448 g/mol. The van der Waals surface area contributed by atoms with Gasteiger partial charge in [0.15, 0.2) is 11.5 Å². The molecule has 1 saturated heterocycles. The van der Waals surface area contributed by atoms with Gasteiger partial charge in [-0.2, -0.15) is 5.10 Å². The van der Waals surface area contributed by atoms with E-state index in [1.165, 1.54) is 0 Å². The molecule has 3 aromatic rings. The second-order valence-electron chi connectivity index (χ2n) is 8.85. The Balaban J connectivity index is 1.37. The highest BCUT2D eigenvalue weighted by Crippen LogP contribution is 2.40. The molecule has 0 aliphatic carbocycles. The van der Waals surface area contributed by atoms with E-state index in [1.807, 2.05) is 29.4 Å². The molecule has 0 radical (unpaired) electrons. The summed E-state index contributed by atoms with van der Waals surface area (Å²) >= 11 is 0. The number of methoxy groups -OCH3 is 3. The van der Waals surface area contributed by atoms with E-state index in [2.05, 4.69) is 38.5 Å². The Morgan fingerprint density at radius 1 is 1.00 bits per heavy atom. The minimum absolute atomic E-state index is 0.0486. The molecular formula is C25H34N6O4. The highest BCUT2D eigenvalue weighted by atomic mass is 16.5. The van der Waals surface area contributed by atoms with Gasteiger partial charge in [0.05, 0.1) is 27.0 Å². The fourth-order valence-corrected chi connectivity index (χ4v) is 4.41. The van der Waals surface area contributed by atoms with Gasteiger partial charge < -0.3 is 23.7 Å². The monoisotopic (exact) mass is 482 g/mol. The number of hydrogen-bond donors (Lipinski definition) is 1. The zero-order valence-corrected chi connectivity index (χ0v) is 21.1. The van der Waals surface area contributed by atoms with Crippen LogP contribution >= 0.6 is 0 Å². The molecule has 188 valence electrons. The van der Waals surface area contributed by atoms with Crippen molar-refractivity contribution >= 4 is 5.91 Å². The maximum Gasteiger partial charge on any atom is 0.271 e. The van der Waals surface area contributed by atoms with Gasteiger partial charge in [0.2, 0.25) is 5.75 Å². The van der Waals surface area contributed by atoms with Gasteiger partial charge >= 0.3 is 0 Å². The summed E-state index contributed by atoms with van der Waals surface area (Å²) in [5.41, 5.74) is 1.86. The van der Waals surface area contributed by atoms with Gasteiger partial charge in [0, 0.05) is 63.1 Å². The number of rotatable bonds is 9. The van der Waals surface area contributed by atoms with Crippen LogP contribution in [0.25, 0.3) is 11.3 Å². The number of aromatic nitrogens is 4. The van der Waals surface area contributed by atoms with Crippen LogP contribution in [0, 0.1) is 0 Å². The number of piperazine rings is 1. The number of carbonyl (C=O) groups excluding carboxylic acids is 1. The molecule has 1 fully saturated rings. The smallest absolute Gasteiger partial charge is 0.271 e. The highest BCUT2D eigenvalue weighted by molar-refractivity contribution is 5.93. The van der Waals surface area contributed by atoms with Crippen LogP contribution in [0.5, 0.6) is 17.2 Å². The van der Waals surface area contributed by atoms with Crippen molar-refractivity contribution < 1.29 is 19.0 Å². The fourth-order valence-electron chi connectivity index (χ4n) is 4.41. The summed E-state index contributed by atoms with van der Waals surface area (Å²) in [7, 11) is 4.70. The zero-order chi connectivity index (χ0) is 24.9. The summed E-state index contributed by atoms with van der Waals surface area (Å²) in [5, 5.41) is 7.26. The van der Waals surface area contributed by atoms with E-state index in [-0.39, 0.29) is 5.91 Å². The molecule has 10 nitrogen and oxygen atoms in total. The predicted octanol–water partition coefficient (Wildman–Crippen LogP) is 2.88. The summed E-state index contributed by atoms with van der Waals surface area (Å²) in [4.78, 5) is 21.8. The molecule has 1 aliphatic heterocycles. The fraction of sp³-hybridized carbons (Fsp3) is 0.480. The number of amides is 1. The number of H-pyrrole nitrogens is 1. The molecule has 4 rings (SSSR count).